The van der Waals surface area contributed by atoms with Crippen molar-refractivity contribution >= 4 is 0 Å². The number of nitrogens with two attached hydrogens (primary N) is 1. The number of rotatable bonds is 4. The van der Waals surface area contributed by atoms with E-state index >= 15 is 0 Å². The fraction of sp³-hybridized carbons (Fsp3) is 1.00. The smallest absolute Gasteiger partial charge is 0.0292 e. The zero-order chi connectivity index (χ0) is 13.9. The first kappa shape index (κ1) is 13.9. The summed E-state index contributed by atoms with van der Waals surface area (Å²) in [6.07, 6.45) is 9.88. The quantitative estimate of drug-likeness (QED) is 0.597. The van der Waals surface area contributed by atoms with E-state index < -0.39 is 0 Å². The lowest BCUT2D eigenvalue weighted by atomic mass is 9.38. The second-order valence-electron chi connectivity index (χ2n) is 9.02. The van der Waals surface area contributed by atoms with Crippen LogP contribution in [0.1, 0.15) is 72.6 Å². The first-order chi connectivity index (χ1) is 8.84. The third-order valence-corrected chi connectivity index (χ3v) is 6.72. The predicted octanol–water partition coefficient (Wildman–Crippen LogP) is 3.86. The molecule has 0 saturated heterocycles. The van der Waals surface area contributed by atoms with Crippen LogP contribution in [0, 0.1) is 28.1 Å². The van der Waals surface area contributed by atoms with Gasteiger partial charge < -0.3 is 0 Å². The van der Waals surface area contributed by atoms with Crippen molar-refractivity contribution < 1.29 is 0 Å². The Balaban J connectivity index is 1.95. The zero-order valence-electron chi connectivity index (χ0n) is 13.3. The summed E-state index contributed by atoms with van der Waals surface area (Å²) in [5.41, 5.74) is 4.91. The zero-order valence-corrected chi connectivity index (χ0v) is 13.3. The Hall–Kier alpha value is -0.0800. The van der Waals surface area contributed by atoms with Gasteiger partial charge in [-0.2, -0.15) is 0 Å². The molecule has 4 unspecified atom stereocenters. The van der Waals surface area contributed by atoms with Crippen molar-refractivity contribution in [1.29, 1.82) is 0 Å². The first-order valence-electron chi connectivity index (χ1n) is 8.30. The van der Waals surface area contributed by atoms with Gasteiger partial charge >= 0.3 is 0 Å². The van der Waals surface area contributed by atoms with Crippen molar-refractivity contribution in [1.82, 2.24) is 5.43 Å². The standard InChI is InChI=1S/C17H32N2/c1-5-12(2)14(19-18)17-8-13-6-15(3,10-17)9-16(4,7-13)11-17/h12-14,19H,5-11,18H2,1-4H3. The molecule has 2 nitrogen and oxygen atoms in total. The van der Waals surface area contributed by atoms with Gasteiger partial charge in [-0.3, -0.25) is 11.3 Å². The van der Waals surface area contributed by atoms with Gasteiger partial charge in [-0.1, -0.05) is 34.1 Å². The van der Waals surface area contributed by atoms with E-state index in [1.54, 1.807) is 0 Å². The van der Waals surface area contributed by atoms with Crippen LogP contribution >= 0.6 is 0 Å². The van der Waals surface area contributed by atoms with E-state index in [9.17, 15) is 0 Å². The van der Waals surface area contributed by atoms with Gasteiger partial charge in [0.05, 0.1) is 0 Å². The van der Waals surface area contributed by atoms with Gasteiger partial charge in [0.15, 0.2) is 0 Å². The maximum atomic E-state index is 6.01. The topological polar surface area (TPSA) is 38.0 Å². The van der Waals surface area contributed by atoms with Crippen molar-refractivity contribution in [3.63, 3.8) is 0 Å². The van der Waals surface area contributed by atoms with E-state index in [2.05, 4.69) is 33.1 Å². The van der Waals surface area contributed by atoms with E-state index in [1.165, 1.54) is 44.9 Å². The molecule has 0 spiro atoms. The molecule has 0 aromatic carbocycles. The number of hydrogen-bond donors (Lipinski definition) is 2. The van der Waals surface area contributed by atoms with Gasteiger partial charge in [-0.15, -0.1) is 0 Å². The summed E-state index contributed by atoms with van der Waals surface area (Å²) >= 11 is 0. The molecule has 0 aliphatic heterocycles. The number of nitrogens with one attached hydrogen (secondary N) is 1. The monoisotopic (exact) mass is 264 g/mol. The summed E-state index contributed by atoms with van der Waals surface area (Å²) in [7, 11) is 0. The molecule has 4 bridgehead atoms. The molecule has 0 aromatic rings. The molecular formula is C17H32N2. The summed E-state index contributed by atoms with van der Waals surface area (Å²) in [5, 5.41) is 0. The second-order valence-corrected chi connectivity index (χ2v) is 9.02. The lowest BCUT2D eigenvalue weighted by molar-refractivity contribution is -0.163. The summed E-state index contributed by atoms with van der Waals surface area (Å²) in [4.78, 5) is 0. The number of hydrazine groups is 1. The highest BCUT2D eigenvalue weighted by Crippen LogP contribution is 2.70. The fourth-order valence-corrected chi connectivity index (χ4v) is 7.06. The van der Waals surface area contributed by atoms with Gasteiger partial charge in [-0.05, 0) is 66.6 Å². The predicted molar refractivity (Wildman–Crippen MR) is 80.4 cm³/mol. The second kappa shape index (κ2) is 4.21. The Bertz CT molecular complexity index is 346. The SMILES string of the molecule is CCC(C)C(NN)C12CC3CC(C)(CC(C)(C3)C1)C2. The van der Waals surface area contributed by atoms with Gasteiger partial charge in [0.2, 0.25) is 0 Å². The molecule has 19 heavy (non-hydrogen) atoms. The maximum absolute atomic E-state index is 6.01. The van der Waals surface area contributed by atoms with Crippen molar-refractivity contribution in [3.05, 3.63) is 0 Å². The van der Waals surface area contributed by atoms with E-state index in [1.807, 2.05) is 0 Å². The molecule has 2 heteroatoms. The molecule has 0 heterocycles. The van der Waals surface area contributed by atoms with Crippen LogP contribution in [0.5, 0.6) is 0 Å². The summed E-state index contributed by atoms with van der Waals surface area (Å²) < 4.78 is 0. The van der Waals surface area contributed by atoms with Crippen molar-refractivity contribution in [2.75, 3.05) is 0 Å². The molecule has 0 amide bonds. The Morgan fingerprint density at radius 3 is 2.11 bits per heavy atom. The third-order valence-electron chi connectivity index (χ3n) is 6.72. The molecule has 3 N–H and O–H groups in total. The average molecular weight is 264 g/mol. The van der Waals surface area contributed by atoms with Crippen LogP contribution in [-0.4, -0.2) is 6.04 Å². The highest BCUT2D eigenvalue weighted by Gasteiger charge is 2.62. The van der Waals surface area contributed by atoms with E-state index in [0.717, 1.165) is 5.92 Å². The van der Waals surface area contributed by atoms with Crippen molar-refractivity contribution in [2.24, 2.45) is 33.9 Å². The Labute approximate surface area is 118 Å². The van der Waals surface area contributed by atoms with Crippen molar-refractivity contribution in [3.8, 4) is 0 Å². The summed E-state index contributed by atoms with van der Waals surface area (Å²) in [6.45, 7) is 9.79. The molecule has 0 aromatic heterocycles. The molecule has 4 aliphatic rings. The number of hydrogen-bond acceptors (Lipinski definition) is 2. The first-order valence-corrected chi connectivity index (χ1v) is 8.30. The Morgan fingerprint density at radius 1 is 1.11 bits per heavy atom. The largest absolute Gasteiger partial charge is 0.271 e. The van der Waals surface area contributed by atoms with Crippen molar-refractivity contribution in [2.45, 2.75) is 78.7 Å². The molecule has 4 aliphatic carbocycles. The average Bonchev–Trinajstić information content (AvgIpc) is 2.24. The van der Waals surface area contributed by atoms with Gasteiger partial charge in [0, 0.05) is 6.04 Å². The Morgan fingerprint density at radius 2 is 1.68 bits per heavy atom. The molecular weight excluding hydrogens is 232 g/mol. The van der Waals surface area contributed by atoms with E-state index in [-0.39, 0.29) is 0 Å². The van der Waals surface area contributed by atoms with Crippen LogP contribution in [0.4, 0.5) is 0 Å². The minimum absolute atomic E-state index is 0.479. The van der Waals surface area contributed by atoms with Gasteiger partial charge in [0.1, 0.15) is 0 Å². The highest BCUT2D eigenvalue weighted by atomic mass is 15.2. The minimum Gasteiger partial charge on any atom is -0.271 e. The van der Waals surface area contributed by atoms with Gasteiger partial charge in [-0.25, -0.2) is 0 Å². The maximum Gasteiger partial charge on any atom is 0.0292 e. The summed E-state index contributed by atoms with van der Waals surface area (Å²) in [5.74, 6) is 7.66. The third kappa shape index (κ3) is 2.06. The summed E-state index contributed by atoms with van der Waals surface area (Å²) in [6, 6.07) is 0.513. The normalized spacial score (nSPS) is 51.3. The van der Waals surface area contributed by atoms with E-state index in [4.69, 9.17) is 5.84 Å². The molecule has 0 radical (unpaired) electrons. The lowest BCUT2D eigenvalue weighted by Gasteiger charge is -2.67. The van der Waals surface area contributed by atoms with Crippen LogP contribution in [0.15, 0.2) is 0 Å². The molecule has 4 atom stereocenters. The van der Waals surface area contributed by atoms with Crippen LogP contribution in [-0.2, 0) is 0 Å². The van der Waals surface area contributed by atoms with Crippen LogP contribution in [0.2, 0.25) is 0 Å². The molecule has 4 saturated carbocycles. The lowest BCUT2D eigenvalue weighted by Crippen LogP contribution is -2.63. The minimum atomic E-state index is 0.479. The fourth-order valence-electron chi connectivity index (χ4n) is 7.06. The molecule has 4 rings (SSSR count). The Kier molecular flexibility index (Phi) is 3.07. The van der Waals surface area contributed by atoms with E-state index in [0.29, 0.717) is 28.2 Å². The van der Waals surface area contributed by atoms with Crippen LogP contribution in [0.3, 0.4) is 0 Å². The highest BCUT2D eigenvalue weighted by molar-refractivity contribution is 5.13. The van der Waals surface area contributed by atoms with Gasteiger partial charge in [0.25, 0.3) is 0 Å². The van der Waals surface area contributed by atoms with Crippen LogP contribution < -0.4 is 11.3 Å². The van der Waals surface area contributed by atoms with Crippen LogP contribution in [0.25, 0.3) is 0 Å². The molecule has 110 valence electrons. The molecule has 4 fully saturated rings.